The van der Waals surface area contributed by atoms with Crippen molar-refractivity contribution in [2.24, 2.45) is 0 Å². The van der Waals surface area contributed by atoms with Crippen molar-refractivity contribution in [1.82, 2.24) is 4.57 Å². The molecule has 0 aliphatic heterocycles. The van der Waals surface area contributed by atoms with Crippen molar-refractivity contribution in [3.8, 4) is 16.8 Å². The van der Waals surface area contributed by atoms with Crippen molar-refractivity contribution in [2.45, 2.75) is 0 Å². The molecule has 7 aromatic carbocycles. The summed E-state index contributed by atoms with van der Waals surface area (Å²) in [6.07, 6.45) is 0. The second-order valence-electron chi connectivity index (χ2n) is 11.3. The SMILES string of the molecule is c1ccc(-c2cccc3c4c(N(c5ccccc5)c5ccccc5)c5c(cc4n(-c4ccccc4)c23)oc2ccccc25)cc1. The van der Waals surface area contributed by atoms with Crippen LogP contribution in [0, 0.1) is 0 Å². The number of fused-ring (bicyclic) bond motifs is 6. The van der Waals surface area contributed by atoms with Crippen LogP contribution in [0.1, 0.15) is 0 Å². The van der Waals surface area contributed by atoms with E-state index in [-0.39, 0.29) is 0 Å². The van der Waals surface area contributed by atoms with E-state index in [4.69, 9.17) is 4.42 Å². The number of para-hydroxylation sites is 5. The van der Waals surface area contributed by atoms with Gasteiger partial charge in [-0.05, 0) is 48.0 Å². The van der Waals surface area contributed by atoms with Crippen LogP contribution >= 0.6 is 0 Å². The maximum Gasteiger partial charge on any atom is 0.139 e. The summed E-state index contributed by atoms with van der Waals surface area (Å²) in [5.41, 5.74) is 10.8. The van der Waals surface area contributed by atoms with Gasteiger partial charge in [0, 0.05) is 44.9 Å². The van der Waals surface area contributed by atoms with E-state index in [0.29, 0.717) is 0 Å². The summed E-state index contributed by atoms with van der Waals surface area (Å²) in [4.78, 5) is 2.40. The second-order valence-corrected chi connectivity index (χ2v) is 11.3. The zero-order valence-corrected chi connectivity index (χ0v) is 24.5. The molecular weight excluding hydrogens is 548 g/mol. The summed E-state index contributed by atoms with van der Waals surface area (Å²) >= 11 is 0. The second kappa shape index (κ2) is 10.3. The monoisotopic (exact) mass is 576 g/mol. The largest absolute Gasteiger partial charge is 0.456 e. The summed E-state index contributed by atoms with van der Waals surface area (Å²) in [6, 6.07) is 60.0. The Morgan fingerprint density at radius 3 is 1.73 bits per heavy atom. The highest BCUT2D eigenvalue weighted by Gasteiger charge is 2.27. The Balaban J connectivity index is 1.55. The molecule has 2 aromatic heterocycles. The fraction of sp³-hybridized carbons (Fsp3) is 0. The minimum Gasteiger partial charge on any atom is -0.456 e. The molecule has 9 rings (SSSR count). The molecule has 0 atom stereocenters. The number of nitrogens with zero attached hydrogens (tertiary/aromatic N) is 2. The van der Waals surface area contributed by atoms with Gasteiger partial charge in [0.05, 0.1) is 22.1 Å². The van der Waals surface area contributed by atoms with Crippen molar-refractivity contribution >= 4 is 60.8 Å². The van der Waals surface area contributed by atoms with Gasteiger partial charge in [0.1, 0.15) is 11.2 Å². The molecular formula is C42H28N2O. The van der Waals surface area contributed by atoms with Crippen LogP contribution < -0.4 is 4.90 Å². The number of aromatic nitrogens is 1. The summed E-state index contributed by atoms with van der Waals surface area (Å²) in [7, 11) is 0. The van der Waals surface area contributed by atoms with Gasteiger partial charge in [-0.15, -0.1) is 0 Å². The van der Waals surface area contributed by atoms with Crippen molar-refractivity contribution in [3.63, 3.8) is 0 Å². The van der Waals surface area contributed by atoms with Crippen LogP contribution in [0.25, 0.3) is 60.6 Å². The van der Waals surface area contributed by atoms with Gasteiger partial charge in [0.25, 0.3) is 0 Å². The minimum absolute atomic E-state index is 0.858. The molecule has 3 nitrogen and oxygen atoms in total. The lowest BCUT2D eigenvalue weighted by Gasteiger charge is -2.27. The highest BCUT2D eigenvalue weighted by molar-refractivity contribution is 6.29. The quantitative estimate of drug-likeness (QED) is 0.203. The van der Waals surface area contributed by atoms with E-state index >= 15 is 0 Å². The van der Waals surface area contributed by atoms with Gasteiger partial charge in [-0.25, -0.2) is 0 Å². The zero-order valence-electron chi connectivity index (χ0n) is 24.5. The van der Waals surface area contributed by atoms with Crippen molar-refractivity contribution in [1.29, 1.82) is 0 Å². The Bertz CT molecular complexity index is 2420. The van der Waals surface area contributed by atoms with E-state index in [0.717, 1.165) is 50.2 Å². The van der Waals surface area contributed by atoms with Crippen LogP contribution in [0.5, 0.6) is 0 Å². The average Bonchev–Trinajstić information content (AvgIpc) is 3.65. The molecule has 0 bridgehead atoms. The molecule has 0 radical (unpaired) electrons. The fourth-order valence-corrected chi connectivity index (χ4v) is 6.88. The van der Waals surface area contributed by atoms with E-state index in [2.05, 4.69) is 173 Å². The number of furan rings is 1. The van der Waals surface area contributed by atoms with Gasteiger partial charge in [-0.2, -0.15) is 0 Å². The summed E-state index contributed by atoms with van der Waals surface area (Å²) < 4.78 is 9.10. The number of hydrogen-bond donors (Lipinski definition) is 0. The zero-order chi connectivity index (χ0) is 29.7. The molecule has 0 saturated carbocycles. The lowest BCUT2D eigenvalue weighted by Crippen LogP contribution is -2.10. The molecule has 9 aromatic rings. The van der Waals surface area contributed by atoms with Gasteiger partial charge in [0.15, 0.2) is 0 Å². The molecule has 45 heavy (non-hydrogen) atoms. The Kier molecular flexibility index (Phi) is 5.82. The first kappa shape index (κ1) is 25.4. The lowest BCUT2D eigenvalue weighted by atomic mass is 9.99. The molecule has 212 valence electrons. The molecule has 0 aliphatic carbocycles. The van der Waals surface area contributed by atoms with Crippen molar-refractivity contribution < 1.29 is 4.42 Å². The van der Waals surface area contributed by atoms with Crippen LogP contribution in [-0.2, 0) is 0 Å². The van der Waals surface area contributed by atoms with Gasteiger partial charge >= 0.3 is 0 Å². The van der Waals surface area contributed by atoms with Crippen LogP contribution in [-0.4, -0.2) is 4.57 Å². The smallest absolute Gasteiger partial charge is 0.139 e. The van der Waals surface area contributed by atoms with Crippen LogP contribution in [0.4, 0.5) is 17.1 Å². The van der Waals surface area contributed by atoms with Gasteiger partial charge in [-0.1, -0.05) is 121 Å². The molecule has 3 heteroatoms. The number of anilines is 3. The van der Waals surface area contributed by atoms with Crippen LogP contribution in [0.15, 0.2) is 174 Å². The first-order chi connectivity index (χ1) is 22.4. The van der Waals surface area contributed by atoms with Crippen LogP contribution in [0.2, 0.25) is 0 Å². The fourth-order valence-electron chi connectivity index (χ4n) is 6.88. The Morgan fingerprint density at radius 2 is 1.04 bits per heavy atom. The average molecular weight is 577 g/mol. The predicted octanol–water partition coefficient (Wildman–Crippen LogP) is 11.8. The van der Waals surface area contributed by atoms with Gasteiger partial charge in [0.2, 0.25) is 0 Å². The molecule has 0 N–H and O–H groups in total. The molecule has 0 saturated heterocycles. The van der Waals surface area contributed by atoms with Gasteiger partial charge in [-0.3, -0.25) is 0 Å². The predicted molar refractivity (Wildman–Crippen MR) is 188 cm³/mol. The third kappa shape index (κ3) is 3.98. The first-order valence-electron chi connectivity index (χ1n) is 15.3. The molecule has 0 unspecified atom stereocenters. The van der Waals surface area contributed by atoms with Crippen LogP contribution in [0.3, 0.4) is 0 Å². The number of benzene rings is 7. The Labute approximate surface area is 260 Å². The Hall–Kier alpha value is -6.06. The highest BCUT2D eigenvalue weighted by atomic mass is 16.3. The third-order valence-corrected chi connectivity index (χ3v) is 8.74. The van der Waals surface area contributed by atoms with E-state index in [1.54, 1.807) is 0 Å². The van der Waals surface area contributed by atoms with E-state index < -0.39 is 0 Å². The van der Waals surface area contributed by atoms with Gasteiger partial charge < -0.3 is 13.9 Å². The summed E-state index contributed by atoms with van der Waals surface area (Å²) in [5.74, 6) is 0. The molecule has 2 heterocycles. The van der Waals surface area contributed by atoms with Crippen molar-refractivity contribution in [3.05, 3.63) is 170 Å². The maximum atomic E-state index is 6.68. The lowest BCUT2D eigenvalue weighted by molar-refractivity contribution is 0.669. The normalized spacial score (nSPS) is 11.6. The molecule has 0 amide bonds. The third-order valence-electron chi connectivity index (χ3n) is 8.74. The highest BCUT2D eigenvalue weighted by Crippen LogP contribution is 2.51. The first-order valence-corrected chi connectivity index (χ1v) is 15.3. The van der Waals surface area contributed by atoms with E-state index in [9.17, 15) is 0 Å². The van der Waals surface area contributed by atoms with E-state index in [1.165, 1.54) is 27.4 Å². The molecule has 0 spiro atoms. The number of hydrogen-bond acceptors (Lipinski definition) is 2. The van der Waals surface area contributed by atoms with Crippen molar-refractivity contribution in [2.75, 3.05) is 4.90 Å². The minimum atomic E-state index is 0.858. The summed E-state index contributed by atoms with van der Waals surface area (Å²) in [6.45, 7) is 0. The Morgan fingerprint density at radius 1 is 0.467 bits per heavy atom. The van der Waals surface area contributed by atoms with E-state index in [1.807, 2.05) is 6.07 Å². The molecule has 0 aliphatic rings. The standard InChI is InChI=1S/C42H28N2O/c1-5-16-29(17-6-1)33-25-15-26-35-39-36(44(41(33)35)32-22-11-4-12-23-32)28-38-40(34-24-13-14-27-37(34)45-38)42(39)43(30-18-7-2-8-19-30)31-20-9-3-10-21-31/h1-28H. The topological polar surface area (TPSA) is 21.3 Å². The number of rotatable bonds is 5. The summed E-state index contributed by atoms with van der Waals surface area (Å²) in [5, 5.41) is 4.57. The maximum absolute atomic E-state index is 6.68. The molecule has 0 fully saturated rings.